The third kappa shape index (κ3) is 2.32. The van der Waals surface area contributed by atoms with Gasteiger partial charge < -0.3 is 14.8 Å². The largest absolute Gasteiger partial charge is 0.500 e. The van der Waals surface area contributed by atoms with Crippen LogP contribution in [0.5, 0.6) is 11.5 Å². The number of H-pyrrole nitrogens is 1. The number of nitro benzene ring substituents is 1. The molecule has 0 bridgehead atoms. The van der Waals surface area contributed by atoms with Gasteiger partial charge in [0.25, 0.3) is 0 Å². The van der Waals surface area contributed by atoms with Crippen molar-refractivity contribution in [2.24, 2.45) is 0 Å². The maximum atomic E-state index is 11.1. The van der Waals surface area contributed by atoms with Crippen LogP contribution in [0.3, 0.4) is 0 Å². The van der Waals surface area contributed by atoms with Crippen LogP contribution in [0.4, 0.5) is 5.69 Å². The van der Waals surface area contributed by atoms with Gasteiger partial charge in [-0.05, 0) is 25.1 Å². The Morgan fingerprint density at radius 3 is 2.82 bits per heavy atom. The van der Waals surface area contributed by atoms with Gasteiger partial charge in [-0.3, -0.25) is 10.1 Å². The van der Waals surface area contributed by atoms with E-state index in [1.807, 2.05) is 24.3 Å². The van der Waals surface area contributed by atoms with E-state index in [2.05, 4.69) is 9.97 Å². The average Bonchev–Trinajstić information content (AvgIpc) is 2.93. The van der Waals surface area contributed by atoms with E-state index in [1.165, 1.54) is 12.1 Å². The fourth-order valence-electron chi connectivity index (χ4n) is 2.22. The molecule has 1 heterocycles. The molecule has 0 aliphatic rings. The van der Waals surface area contributed by atoms with E-state index in [0.717, 1.165) is 11.0 Å². The zero-order chi connectivity index (χ0) is 15.7. The third-order valence-corrected chi connectivity index (χ3v) is 3.21. The van der Waals surface area contributed by atoms with Crippen LogP contribution >= 0.6 is 0 Å². The average molecular weight is 299 g/mol. The summed E-state index contributed by atoms with van der Waals surface area (Å²) in [6, 6.07) is 10.2. The lowest BCUT2D eigenvalue weighted by molar-refractivity contribution is -0.385. The van der Waals surface area contributed by atoms with Crippen molar-refractivity contribution in [3.8, 4) is 22.9 Å². The smallest absolute Gasteiger partial charge is 0.315 e. The van der Waals surface area contributed by atoms with Crippen LogP contribution in [0.1, 0.15) is 6.92 Å². The van der Waals surface area contributed by atoms with E-state index in [4.69, 9.17) is 4.74 Å². The highest BCUT2D eigenvalue weighted by Crippen LogP contribution is 2.39. The monoisotopic (exact) mass is 299 g/mol. The van der Waals surface area contributed by atoms with Crippen molar-refractivity contribution in [1.29, 1.82) is 0 Å². The minimum atomic E-state index is -0.649. The molecule has 7 nitrogen and oxygen atoms in total. The van der Waals surface area contributed by atoms with Crippen LogP contribution < -0.4 is 4.74 Å². The van der Waals surface area contributed by atoms with E-state index in [0.29, 0.717) is 11.4 Å². The van der Waals surface area contributed by atoms with E-state index in [9.17, 15) is 15.2 Å². The standard InChI is InChI=1S/C15H13N3O4/c1-2-22-13-8-9(7-12(14(13)19)18(20)21)15-16-10-5-3-4-6-11(10)17-15/h3-8,19H,2H2,1H3,(H,16,17). The van der Waals surface area contributed by atoms with E-state index in [-0.39, 0.29) is 12.4 Å². The molecule has 2 aromatic carbocycles. The van der Waals surface area contributed by atoms with Gasteiger partial charge in [-0.1, -0.05) is 12.1 Å². The van der Waals surface area contributed by atoms with E-state index < -0.39 is 16.4 Å². The number of aromatic amines is 1. The highest BCUT2D eigenvalue weighted by molar-refractivity contribution is 5.80. The maximum absolute atomic E-state index is 11.1. The summed E-state index contributed by atoms with van der Waals surface area (Å²) in [6.07, 6.45) is 0. The van der Waals surface area contributed by atoms with Gasteiger partial charge in [0.2, 0.25) is 5.75 Å². The molecule has 0 saturated heterocycles. The van der Waals surface area contributed by atoms with Gasteiger partial charge in [-0.15, -0.1) is 0 Å². The van der Waals surface area contributed by atoms with Crippen LogP contribution in [0.15, 0.2) is 36.4 Å². The van der Waals surface area contributed by atoms with Gasteiger partial charge in [-0.2, -0.15) is 0 Å². The van der Waals surface area contributed by atoms with Gasteiger partial charge in [0, 0.05) is 11.6 Å². The molecule has 0 fully saturated rings. The molecular weight excluding hydrogens is 286 g/mol. The van der Waals surface area contributed by atoms with Gasteiger partial charge in [-0.25, -0.2) is 4.98 Å². The highest BCUT2D eigenvalue weighted by atomic mass is 16.6. The molecule has 2 N–H and O–H groups in total. The highest BCUT2D eigenvalue weighted by Gasteiger charge is 2.21. The number of imidazole rings is 1. The molecule has 0 radical (unpaired) electrons. The van der Waals surface area contributed by atoms with E-state index >= 15 is 0 Å². The number of nitrogens with zero attached hydrogens (tertiary/aromatic N) is 2. The summed E-state index contributed by atoms with van der Waals surface area (Å²) in [5.74, 6) is 0.0594. The molecule has 0 atom stereocenters. The van der Waals surface area contributed by atoms with Crippen molar-refractivity contribution in [3.63, 3.8) is 0 Å². The first-order valence-electron chi connectivity index (χ1n) is 6.69. The second-order valence-corrected chi connectivity index (χ2v) is 4.63. The number of benzene rings is 2. The molecule has 112 valence electrons. The first-order valence-corrected chi connectivity index (χ1v) is 6.69. The van der Waals surface area contributed by atoms with Gasteiger partial charge in [0.05, 0.1) is 22.6 Å². The van der Waals surface area contributed by atoms with Crippen molar-refractivity contribution in [1.82, 2.24) is 9.97 Å². The number of phenols is 1. The number of aromatic hydroxyl groups is 1. The predicted octanol–water partition coefficient (Wildman–Crippen LogP) is 3.24. The summed E-state index contributed by atoms with van der Waals surface area (Å²) in [6.45, 7) is 2.02. The summed E-state index contributed by atoms with van der Waals surface area (Å²) in [5, 5.41) is 21.0. The van der Waals surface area contributed by atoms with Crippen LogP contribution in [-0.4, -0.2) is 26.6 Å². The molecule has 0 aliphatic carbocycles. The van der Waals surface area contributed by atoms with Crippen LogP contribution in [0, 0.1) is 10.1 Å². The van der Waals surface area contributed by atoms with Crippen molar-refractivity contribution < 1.29 is 14.8 Å². The number of fused-ring (bicyclic) bond motifs is 1. The number of hydrogen-bond acceptors (Lipinski definition) is 5. The number of para-hydroxylation sites is 2. The Morgan fingerprint density at radius 1 is 1.36 bits per heavy atom. The normalized spacial score (nSPS) is 10.8. The Hall–Kier alpha value is -3.09. The zero-order valence-corrected chi connectivity index (χ0v) is 11.7. The summed E-state index contributed by atoms with van der Waals surface area (Å²) in [7, 11) is 0. The Labute approximate surface area is 125 Å². The quantitative estimate of drug-likeness (QED) is 0.569. The van der Waals surface area contributed by atoms with E-state index in [1.54, 1.807) is 6.92 Å². The molecular formula is C15H13N3O4. The van der Waals surface area contributed by atoms with Gasteiger partial charge >= 0.3 is 5.69 Å². The lowest BCUT2D eigenvalue weighted by atomic mass is 10.1. The number of aromatic nitrogens is 2. The van der Waals surface area contributed by atoms with Gasteiger partial charge in [0.1, 0.15) is 5.82 Å². The van der Waals surface area contributed by atoms with Crippen LogP contribution in [0.25, 0.3) is 22.4 Å². The summed E-state index contributed by atoms with van der Waals surface area (Å²) >= 11 is 0. The first kappa shape index (κ1) is 13.9. The number of rotatable bonds is 4. The Balaban J connectivity index is 2.18. The molecule has 0 aliphatic heterocycles. The summed E-state index contributed by atoms with van der Waals surface area (Å²) in [5.41, 5.74) is 1.64. The molecule has 0 amide bonds. The second-order valence-electron chi connectivity index (χ2n) is 4.63. The molecule has 0 spiro atoms. The van der Waals surface area contributed by atoms with Crippen molar-refractivity contribution in [3.05, 3.63) is 46.5 Å². The number of hydrogen-bond donors (Lipinski definition) is 2. The number of nitro groups is 1. The third-order valence-electron chi connectivity index (χ3n) is 3.21. The molecule has 3 aromatic rings. The Bertz CT molecular complexity index is 824. The molecule has 0 saturated carbocycles. The second kappa shape index (κ2) is 5.36. The van der Waals surface area contributed by atoms with Crippen molar-refractivity contribution in [2.45, 2.75) is 6.92 Å². The minimum Gasteiger partial charge on any atom is -0.500 e. The van der Waals surface area contributed by atoms with Crippen molar-refractivity contribution in [2.75, 3.05) is 6.61 Å². The lowest BCUT2D eigenvalue weighted by Gasteiger charge is -2.07. The van der Waals surface area contributed by atoms with Crippen molar-refractivity contribution >= 4 is 16.7 Å². The zero-order valence-electron chi connectivity index (χ0n) is 11.7. The molecule has 0 unspecified atom stereocenters. The van der Waals surface area contributed by atoms with Gasteiger partial charge in [0.15, 0.2) is 5.75 Å². The Kier molecular flexibility index (Phi) is 3.38. The topological polar surface area (TPSA) is 101 Å². The van der Waals surface area contributed by atoms with Crippen LogP contribution in [0.2, 0.25) is 0 Å². The van der Waals surface area contributed by atoms with Crippen LogP contribution in [-0.2, 0) is 0 Å². The number of nitrogens with one attached hydrogen (secondary N) is 1. The molecule has 22 heavy (non-hydrogen) atoms. The molecule has 7 heteroatoms. The predicted molar refractivity (Wildman–Crippen MR) is 81.0 cm³/mol. The SMILES string of the molecule is CCOc1cc(-c2nc3ccccc3[nH]2)cc([N+](=O)[O-])c1O. The Morgan fingerprint density at radius 2 is 2.14 bits per heavy atom. The first-order chi connectivity index (χ1) is 10.6. The number of ether oxygens (including phenoxy) is 1. The minimum absolute atomic E-state index is 0.0622. The molecule has 1 aromatic heterocycles. The fourth-order valence-corrected chi connectivity index (χ4v) is 2.22. The lowest BCUT2D eigenvalue weighted by Crippen LogP contribution is -1.96. The fraction of sp³-hybridized carbons (Fsp3) is 0.133. The molecule has 3 rings (SSSR count). The summed E-state index contributed by atoms with van der Waals surface area (Å²) < 4.78 is 5.27. The number of phenolic OH excluding ortho intramolecular Hbond substituents is 1. The maximum Gasteiger partial charge on any atom is 0.315 e. The summed E-state index contributed by atoms with van der Waals surface area (Å²) in [4.78, 5) is 17.9.